The zero-order valence-corrected chi connectivity index (χ0v) is 11.3. The van der Waals surface area contributed by atoms with Gasteiger partial charge in [-0.3, -0.25) is 0 Å². The molecular weight excluding hydrogens is 246 g/mol. The van der Waals surface area contributed by atoms with Gasteiger partial charge in [0.05, 0.1) is 0 Å². The van der Waals surface area contributed by atoms with Crippen LogP contribution in [0.4, 0.5) is 5.82 Å². The molecule has 0 aliphatic carbocycles. The van der Waals surface area contributed by atoms with Crippen LogP contribution in [0, 0.1) is 0 Å². The predicted molar refractivity (Wildman–Crippen MR) is 74.9 cm³/mol. The van der Waals surface area contributed by atoms with Crippen molar-refractivity contribution < 1.29 is 0 Å². The fourth-order valence-electron chi connectivity index (χ4n) is 1.76. The third kappa shape index (κ3) is 3.20. The second-order valence-corrected chi connectivity index (χ2v) is 4.51. The quantitative estimate of drug-likeness (QED) is 0.849. The average Bonchev–Trinajstić information content (AvgIpc) is 2.39. The summed E-state index contributed by atoms with van der Waals surface area (Å²) in [5.41, 5.74) is 2.57. The Morgan fingerprint density at radius 2 is 1.94 bits per heavy atom. The maximum absolute atomic E-state index is 5.75. The third-order valence-corrected chi connectivity index (χ3v) is 3.06. The number of halogens is 1. The van der Waals surface area contributed by atoms with Crippen LogP contribution in [0.1, 0.15) is 31.0 Å². The van der Waals surface area contributed by atoms with E-state index in [0.29, 0.717) is 0 Å². The van der Waals surface area contributed by atoms with E-state index in [-0.39, 0.29) is 11.3 Å². The van der Waals surface area contributed by atoms with E-state index in [1.807, 2.05) is 6.07 Å². The Bertz CT molecular complexity index is 511. The highest BCUT2D eigenvalue weighted by Gasteiger charge is 2.06. The number of nitrogens with one attached hydrogen (secondary N) is 1. The number of aryl methyl sites for hydroxylation is 1. The summed E-state index contributed by atoms with van der Waals surface area (Å²) in [6.07, 6.45) is 2.70. The van der Waals surface area contributed by atoms with Crippen molar-refractivity contribution in [2.75, 3.05) is 5.32 Å². The first-order chi connectivity index (χ1) is 8.69. The SMILES string of the molecule is CCc1ccc(C(C)Nc2ccnc(Cl)n2)cc1. The molecule has 0 radical (unpaired) electrons. The molecule has 4 heteroatoms. The number of rotatable bonds is 4. The van der Waals surface area contributed by atoms with Crippen molar-refractivity contribution >= 4 is 17.4 Å². The van der Waals surface area contributed by atoms with Gasteiger partial charge in [-0.25, -0.2) is 9.97 Å². The van der Waals surface area contributed by atoms with E-state index in [4.69, 9.17) is 11.6 Å². The second kappa shape index (κ2) is 5.83. The molecule has 0 aliphatic heterocycles. The van der Waals surface area contributed by atoms with Crippen molar-refractivity contribution in [1.29, 1.82) is 0 Å². The van der Waals surface area contributed by atoms with Gasteiger partial charge in [0.25, 0.3) is 0 Å². The van der Waals surface area contributed by atoms with E-state index in [1.165, 1.54) is 11.1 Å². The molecule has 18 heavy (non-hydrogen) atoms. The van der Waals surface area contributed by atoms with Crippen LogP contribution < -0.4 is 5.32 Å². The summed E-state index contributed by atoms with van der Waals surface area (Å²) in [6, 6.07) is 10.6. The molecule has 1 atom stereocenters. The first kappa shape index (κ1) is 12.8. The first-order valence-electron chi connectivity index (χ1n) is 6.03. The molecule has 0 spiro atoms. The minimum absolute atomic E-state index is 0.182. The summed E-state index contributed by atoms with van der Waals surface area (Å²) in [4.78, 5) is 7.97. The summed E-state index contributed by atoms with van der Waals surface area (Å²) in [7, 11) is 0. The van der Waals surface area contributed by atoms with E-state index in [1.54, 1.807) is 6.20 Å². The minimum Gasteiger partial charge on any atom is -0.363 e. The van der Waals surface area contributed by atoms with Crippen molar-refractivity contribution in [2.45, 2.75) is 26.3 Å². The Morgan fingerprint density at radius 1 is 1.22 bits per heavy atom. The largest absolute Gasteiger partial charge is 0.363 e. The monoisotopic (exact) mass is 261 g/mol. The lowest BCUT2D eigenvalue weighted by Gasteiger charge is -2.15. The molecule has 0 fully saturated rings. The van der Waals surface area contributed by atoms with Crippen LogP contribution in [0.2, 0.25) is 5.28 Å². The van der Waals surface area contributed by atoms with Crippen LogP contribution in [-0.2, 0) is 6.42 Å². The maximum Gasteiger partial charge on any atom is 0.224 e. The molecule has 1 unspecified atom stereocenters. The fraction of sp³-hybridized carbons (Fsp3) is 0.286. The molecule has 0 amide bonds. The van der Waals surface area contributed by atoms with Gasteiger partial charge in [-0.2, -0.15) is 0 Å². The van der Waals surface area contributed by atoms with Gasteiger partial charge in [-0.05, 0) is 42.1 Å². The Morgan fingerprint density at radius 3 is 2.56 bits per heavy atom. The molecule has 1 aromatic heterocycles. The standard InChI is InChI=1S/C14H16ClN3/c1-3-11-4-6-12(7-5-11)10(2)17-13-8-9-16-14(15)18-13/h4-10H,3H2,1-2H3,(H,16,17,18). The van der Waals surface area contributed by atoms with Crippen molar-refractivity contribution in [1.82, 2.24) is 9.97 Å². The van der Waals surface area contributed by atoms with E-state index in [0.717, 1.165) is 12.2 Å². The topological polar surface area (TPSA) is 37.8 Å². The van der Waals surface area contributed by atoms with E-state index >= 15 is 0 Å². The highest BCUT2D eigenvalue weighted by molar-refractivity contribution is 6.28. The minimum atomic E-state index is 0.182. The van der Waals surface area contributed by atoms with Crippen LogP contribution in [0.15, 0.2) is 36.5 Å². The summed E-state index contributed by atoms with van der Waals surface area (Å²) in [5, 5.41) is 3.56. The van der Waals surface area contributed by atoms with Crippen molar-refractivity contribution in [3.63, 3.8) is 0 Å². The first-order valence-corrected chi connectivity index (χ1v) is 6.40. The molecular formula is C14H16ClN3. The molecule has 0 aliphatic rings. The Balaban J connectivity index is 2.09. The number of nitrogens with zero attached hydrogens (tertiary/aromatic N) is 2. The number of hydrogen-bond donors (Lipinski definition) is 1. The number of benzene rings is 1. The molecule has 2 rings (SSSR count). The van der Waals surface area contributed by atoms with Crippen LogP contribution in [0.3, 0.4) is 0 Å². The maximum atomic E-state index is 5.75. The number of hydrogen-bond acceptors (Lipinski definition) is 3. The van der Waals surface area contributed by atoms with Crippen LogP contribution in [-0.4, -0.2) is 9.97 Å². The fourth-order valence-corrected chi connectivity index (χ4v) is 1.91. The van der Waals surface area contributed by atoms with E-state index < -0.39 is 0 Å². The average molecular weight is 262 g/mol. The van der Waals surface area contributed by atoms with Gasteiger partial charge >= 0.3 is 0 Å². The zero-order valence-electron chi connectivity index (χ0n) is 10.5. The lowest BCUT2D eigenvalue weighted by atomic mass is 10.1. The molecule has 1 aromatic carbocycles. The lowest BCUT2D eigenvalue weighted by Crippen LogP contribution is -2.08. The second-order valence-electron chi connectivity index (χ2n) is 4.17. The van der Waals surface area contributed by atoms with Gasteiger partial charge in [0.15, 0.2) is 0 Å². The van der Waals surface area contributed by atoms with Gasteiger partial charge in [0, 0.05) is 12.2 Å². The van der Waals surface area contributed by atoms with Gasteiger partial charge in [0.1, 0.15) is 5.82 Å². The molecule has 0 saturated carbocycles. The molecule has 0 bridgehead atoms. The molecule has 0 saturated heterocycles. The van der Waals surface area contributed by atoms with Crippen molar-refractivity contribution in [3.05, 3.63) is 52.9 Å². The van der Waals surface area contributed by atoms with Crippen LogP contribution >= 0.6 is 11.6 Å². The van der Waals surface area contributed by atoms with Gasteiger partial charge in [0.2, 0.25) is 5.28 Å². The molecule has 94 valence electrons. The van der Waals surface area contributed by atoms with Gasteiger partial charge < -0.3 is 5.32 Å². The Hall–Kier alpha value is -1.61. The Kier molecular flexibility index (Phi) is 4.15. The smallest absolute Gasteiger partial charge is 0.224 e. The number of aromatic nitrogens is 2. The van der Waals surface area contributed by atoms with Crippen molar-refractivity contribution in [2.24, 2.45) is 0 Å². The molecule has 2 aromatic rings. The summed E-state index contributed by atoms with van der Waals surface area (Å²) in [5.74, 6) is 0.738. The van der Waals surface area contributed by atoms with Gasteiger partial charge in [-0.15, -0.1) is 0 Å². The highest BCUT2D eigenvalue weighted by atomic mass is 35.5. The van der Waals surface area contributed by atoms with E-state index in [9.17, 15) is 0 Å². The third-order valence-electron chi connectivity index (χ3n) is 2.88. The molecule has 1 heterocycles. The van der Waals surface area contributed by atoms with Crippen LogP contribution in [0.25, 0.3) is 0 Å². The Labute approximate surface area is 112 Å². The summed E-state index contributed by atoms with van der Waals surface area (Å²) in [6.45, 7) is 4.25. The number of anilines is 1. The zero-order chi connectivity index (χ0) is 13.0. The molecule has 3 nitrogen and oxygen atoms in total. The summed E-state index contributed by atoms with van der Waals surface area (Å²) >= 11 is 5.75. The molecule has 1 N–H and O–H groups in total. The summed E-state index contributed by atoms with van der Waals surface area (Å²) < 4.78 is 0. The highest BCUT2D eigenvalue weighted by Crippen LogP contribution is 2.18. The van der Waals surface area contributed by atoms with E-state index in [2.05, 4.69) is 53.4 Å². The van der Waals surface area contributed by atoms with Crippen LogP contribution in [0.5, 0.6) is 0 Å². The normalized spacial score (nSPS) is 12.2. The lowest BCUT2D eigenvalue weighted by molar-refractivity contribution is 0.870. The van der Waals surface area contributed by atoms with Crippen molar-refractivity contribution in [3.8, 4) is 0 Å². The predicted octanol–water partition coefficient (Wildman–Crippen LogP) is 3.87. The van der Waals surface area contributed by atoms with Gasteiger partial charge in [-0.1, -0.05) is 31.2 Å².